The molecule has 0 unspecified atom stereocenters. The van der Waals surface area contributed by atoms with Gasteiger partial charge in [0.05, 0.1) is 12.7 Å². The molecule has 1 aliphatic heterocycles. The molecule has 0 aromatic heterocycles. The number of anilines is 1. The number of alkyl halides is 3. The van der Waals surface area contributed by atoms with Crippen molar-refractivity contribution in [3.05, 3.63) is 41.6 Å². The van der Waals surface area contributed by atoms with Crippen LogP contribution in [0.25, 0.3) is 0 Å². The number of rotatable bonds is 1. The molecule has 0 saturated carbocycles. The molecule has 0 spiro atoms. The fraction of sp³-hybridized carbons (Fsp3) is 0.250. The highest BCUT2D eigenvalue weighted by Gasteiger charge is 2.47. The van der Waals surface area contributed by atoms with E-state index < -0.39 is 23.6 Å². The number of methoxy groups -OCH3 is 1. The summed E-state index contributed by atoms with van der Waals surface area (Å²) >= 11 is 0. The summed E-state index contributed by atoms with van der Waals surface area (Å²) in [5.41, 5.74) is -0.0796. The van der Waals surface area contributed by atoms with E-state index in [4.69, 9.17) is 0 Å². The van der Waals surface area contributed by atoms with E-state index in [9.17, 15) is 18.0 Å². The number of carbonyl (C=O) groups is 1. The van der Waals surface area contributed by atoms with E-state index in [1.807, 2.05) is 0 Å². The number of nitrogens with one attached hydrogen (secondary N) is 1. The number of ether oxygens (including phenoxy) is 1. The van der Waals surface area contributed by atoms with Crippen molar-refractivity contribution in [3.8, 4) is 0 Å². The van der Waals surface area contributed by atoms with Gasteiger partial charge in [0.1, 0.15) is 5.92 Å². The summed E-state index contributed by atoms with van der Waals surface area (Å²) in [7, 11) is 1.05. The van der Waals surface area contributed by atoms with Gasteiger partial charge in [-0.3, -0.25) is 0 Å². The van der Waals surface area contributed by atoms with Crippen LogP contribution in [0.5, 0.6) is 0 Å². The first-order chi connectivity index (χ1) is 8.45. The fourth-order valence-electron chi connectivity index (χ4n) is 1.93. The van der Waals surface area contributed by atoms with Gasteiger partial charge in [0.15, 0.2) is 0 Å². The minimum atomic E-state index is -4.54. The number of benzene rings is 1. The molecule has 18 heavy (non-hydrogen) atoms. The molecule has 0 aliphatic carbocycles. The first-order valence-corrected chi connectivity index (χ1v) is 5.15. The Hall–Kier alpha value is -1.98. The number of hydrogen-bond acceptors (Lipinski definition) is 3. The Balaban J connectivity index is 2.53. The monoisotopic (exact) mass is 257 g/mol. The zero-order valence-corrected chi connectivity index (χ0v) is 9.41. The molecular weight excluding hydrogens is 247 g/mol. The van der Waals surface area contributed by atoms with Crippen LogP contribution >= 0.6 is 0 Å². The van der Waals surface area contributed by atoms with Gasteiger partial charge in [0.25, 0.3) is 0 Å². The highest BCUT2D eigenvalue weighted by Crippen LogP contribution is 2.45. The van der Waals surface area contributed by atoms with Crippen LogP contribution in [-0.4, -0.2) is 19.3 Å². The number of halogens is 3. The largest absolute Gasteiger partial charge is 0.466 e. The van der Waals surface area contributed by atoms with Crippen LogP contribution in [-0.2, 0) is 9.53 Å². The molecule has 6 heteroatoms. The van der Waals surface area contributed by atoms with Gasteiger partial charge in [-0.25, -0.2) is 4.79 Å². The average Bonchev–Trinajstić information content (AvgIpc) is 2.35. The number of esters is 1. The molecule has 1 aromatic carbocycles. The summed E-state index contributed by atoms with van der Waals surface area (Å²) in [6, 6.07) is 5.99. The Morgan fingerprint density at radius 1 is 1.33 bits per heavy atom. The Morgan fingerprint density at radius 2 is 2.00 bits per heavy atom. The van der Waals surface area contributed by atoms with Crippen LogP contribution in [0.15, 0.2) is 36.0 Å². The lowest BCUT2D eigenvalue weighted by molar-refractivity contribution is -0.153. The van der Waals surface area contributed by atoms with Crippen molar-refractivity contribution in [2.75, 3.05) is 12.4 Å². The van der Waals surface area contributed by atoms with Crippen molar-refractivity contribution in [3.63, 3.8) is 0 Å². The average molecular weight is 257 g/mol. The summed E-state index contributed by atoms with van der Waals surface area (Å²) < 4.78 is 43.7. The van der Waals surface area contributed by atoms with Crippen molar-refractivity contribution >= 4 is 11.7 Å². The van der Waals surface area contributed by atoms with Crippen LogP contribution in [0, 0.1) is 0 Å². The molecule has 0 fully saturated rings. The topological polar surface area (TPSA) is 38.3 Å². The summed E-state index contributed by atoms with van der Waals surface area (Å²) in [5.74, 6) is -2.94. The molecule has 1 heterocycles. The summed E-state index contributed by atoms with van der Waals surface area (Å²) in [6.45, 7) is 0. The van der Waals surface area contributed by atoms with Crippen molar-refractivity contribution in [2.45, 2.75) is 12.1 Å². The highest BCUT2D eigenvalue weighted by atomic mass is 19.4. The lowest BCUT2D eigenvalue weighted by Gasteiger charge is -2.28. The van der Waals surface area contributed by atoms with E-state index in [-0.39, 0.29) is 5.56 Å². The molecule has 0 amide bonds. The van der Waals surface area contributed by atoms with Gasteiger partial charge in [-0.05, 0) is 11.6 Å². The molecule has 0 saturated heterocycles. The highest BCUT2D eigenvalue weighted by molar-refractivity contribution is 5.92. The second kappa shape index (κ2) is 4.36. The normalized spacial score (nSPS) is 18.4. The first-order valence-electron chi connectivity index (χ1n) is 5.15. The minimum absolute atomic E-state index is 0.0212. The molecule has 1 aliphatic rings. The van der Waals surface area contributed by atoms with E-state index >= 15 is 0 Å². The molecule has 0 radical (unpaired) electrons. The molecular formula is C12H10F3NO2. The van der Waals surface area contributed by atoms with Gasteiger partial charge < -0.3 is 10.1 Å². The van der Waals surface area contributed by atoms with E-state index in [2.05, 4.69) is 10.1 Å². The molecule has 3 nitrogen and oxygen atoms in total. The van der Waals surface area contributed by atoms with Gasteiger partial charge in [-0.1, -0.05) is 18.2 Å². The van der Waals surface area contributed by atoms with E-state index in [0.717, 1.165) is 13.3 Å². The summed E-state index contributed by atoms with van der Waals surface area (Å²) in [5, 5.41) is 2.67. The van der Waals surface area contributed by atoms with Crippen LogP contribution in [0.1, 0.15) is 11.5 Å². The lowest BCUT2D eigenvalue weighted by Crippen LogP contribution is -2.30. The van der Waals surface area contributed by atoms with Gasteiger partial charge in [0, 0.05) is 11.9 Å². The predicted octanol–water partition coefficient (Wildman–Crippen LogP) is 2.81. The van der Waals surface area contributed by atoms with E-state index in [1.54, 1.807) is 6.07 Å². The van der Waals surface area contributed by atoms with Crippen molar-refractivity contribution in [2.24, 2.45) is 0 Å². The van der Waals surface area contributed by atoms with Crippen LogP contribution in [0.4, 0.5) is 18.9 Å². The summed E-state index contributed by atoms with van der Waals surface area (Å²) in [4.78, 5) is 11.4. The molecule has 1 atom stereocenters. The van der Waals surface area contributed by atoms with Crippen LogP contribution in [0.2, 0.25) is 0 Å². The van der Waals surface area contributed by atoms with Crippen LogP contribution in [0.3, 0.4) is 0 Å². The first kappa shape index (κ1) is 12.5. The fourth-order valence-corrected chi connectivity index (χ4v) is 1.93. The van der Waals surface area contributed by atoms with Gasteiger partial charge in [0.2, 0.25) is 0 Å². The minimum Gasteiger partial charge on any atom is -0.466 e. The smallest absolute Gasteiger partial charge is 0.400 e. The standard InChI is InChI=1S/C12H10F3NO2/c1-18-11(17)8-6-16-9-5-3-2-4-7(9)10(8)12(13,14)15/h2-6,10,16H,1H3/t10-/m0/s1. The summed E-state index contributed by atoms with van der Waals surface area (Å²) in [6.07, 6.45) is -3.50. The molecule has 0 bridgehead atoms. The number of fused-ring (bicyclic) bond motifs is 1. The maximum absolute atomic E-state index is 13.1. The Labute approximate surface area is 101 Å². The lowest BCUT2D eigenvalue weighted by atomic mass is 9.87. The molecule has 1 aromatic rings. The quantitative estimate of drug-likeness (QED) is 0.786. The molecule has 2 rings (SSSR count). The third kappa shape index (κ3) is 2.05. The second-order valence-electron chi connectivity index (χ2n) is 3.80. The zero-order valence-electron chi connectivity index (χ0n) is 9.41. The Bertz CT molecular complexity index is 508. The maximum atomic E-state index is 13.1. The van der Waals surface area contributed by atoms with Crippen molar-refractivity contribution < 1.29 is 22.7 Å². The zero-order chi connectivity index (χ0) is 13.3. The van der Waals surface area contributed by atoms with Crippen molar-refractivity contribution in [1.29, 1.82) is 0 Å². The maximum Gasteiger partial charge on any atom is 0.400 e. The third-order valence-electron chi connectivity index (χ3n) is 2.71. The van der Waals surface area contributed by atoms with E-state index in [0.29, 0.717) is 5.69 Å². The third-order valence-corrected chi connectivity index (χ3v) is 2.71. The van der Waals surface area contributed by atoms with E-state index in [1.165, 1.54) is 18.2 Å². The van der Waals surface area contributed by atoms with Gasteiger partial charge in [-0.15, -0.1) is 0 Å². The van der Waals surface area contributed by atoms with Crippen molar-refractivity contribution in [1.82, 2.24) is 0 Å². The second-order valence-corrected chi connectivity index (χ2v) is 3.80. The van der Waals surface area contributed by atoms with Gasteiger partial charge in [-0.2, -0.15) is 13.2 Å². The van der Waals surface area contributed by atoms with Gasteiger partial charge >= 0.3 is 12.1 Å². The SMILES string of the molecule is COC(=O)C1=CNc2ccccc2[C@@H]1C(F)(F)F. The number of hydrogen-bond donors (Lipinski definition) is 1. The molecule has 1 N–H and O–H groups in total. The number of para-hydroxylation sites is 1. The Morgan fingerprint density at radius 3 is 2.61 bits per heavy atom. The van der Waals surface area contributed by atoms with Crippen LogP contribution < -0.4 is 5.32 Å². The molecule has 96 valence electrons. The Kier molecular flexibility index (Phi) is 3.02. The number of carbonyl (C=O) groups excluding carboxylic acids is 1. The predicted molar refractivity (Wildman–Crippen MR) is 59.0 cm³/mol.